The highest BCUT2D eigenvalue weighted by Gasteiger charge is 2.28. The van der Waals surface area contributed by atoms with Gasteiger partial charge in [0, 0.05) is 0 Å². The Morgan fingerprint density at radius 2 is 1.73 bits per heavy atom. The maximum Gasteiger partial charge on any atom is 0.228 e. The molecular formula is C12H15NO2. The summed E-state index contributed by atoms with van der Waals surface area (Å²) >= 11 is 0. The van der Waals surface area contributed by atoms with Gasteiger partial charge in [0.1, 0.15) is 11.7 Å². The largest absolute Gasteiger partial charge is 0.369 e. The van der Waals surface area contributed by atoms with Crippen LogP contribution in [0.4, 0.5) is 0 Å². The van der Waals surface area contributed by atoms with Crippen molar-refractivity contribution in [1.82, 2.24) is 0 Å². The molecule has 3 heteroatoms. The van der Waals surface area contributed by atoms with Crippen molar-refractivity contribution < 1.29 is 9.59 Å². The molecule has 0 saturated heterocycles. The van der Waals surface area contributed by atoms with E-state index in [4.69, 9.17) is 5.73 Å². The highest BCUT2D eigenvalue weighted by Crippen LogP contribution is 2.24. The first-order valence-electron chi connectivity index (χ1n) is 4.88. The lowest BCUT2D eigenvalue weighted by Crippen LogP contribution is -2.32. The number of carbonyl (C=O) groups excluding carboxylic acids is 2. The van der Waals surface area contributed by atoms with Crippen LogP contribution in [-0.2, 0) is 9.59 Å². The Hall–Kier alpha value is -1.64. The number of rotatable bonds is 4. The zero-order chi connectivity index (χ0) is 11.4. The normalized spacial score (nSPS) is 14.3. The lowest BCUT2D eigenvalue weighted by molar-refractivity contribution is -0.131. The van der Waals surface area contributed by atoms with Crippen LogP contribution in [0.2, 0.25) is 0 Å². The Bertz CT molecular complexity index is 345. The van der Waals surface area contributed by atoms with E-state index in [0.29, 0.717) is 0 Å². The van der Waals surface area contributed by atoms with Gasteiger partial charge in [-0.15, -0.1) is 0 Å². The van der Waals surface area contributed by atoms with Gasteiger partial charge in [0.15, 0.2) is 0 Å². The van der Waals surface area contributed by atoms with Gasteiger partial charge in [0.2, 0.25) is 5.91 Å². The van der Waals surface area contributed by atoms with Crippen molar-refractivity contribution in [3.8, 4) is 0 Å². The summed E-state index contributed by atoms with van der Waals surface area (Å²) in [7, 11) is 0. The predicted octanol–water partition coefficient (Wildman–Crippen LogP) is 1.48. The molecule has 15 heavy (non-hydrogen) atoms. The molecule has 0 saturated carbocycles. The van der Waals surface area contributed by atoms with E-state index in [9.17, 15) is 9.59 Å². The first kappa shape index (κ1) is 11.4. The fourth-order valence-corrected chi connectivity index (χ4v) is 1.75. The Morgan fingerprint density at radius 3 is 2.13 bits per heavy atom. The van der Waals surface area contributed by atoms with Crippen molar-refractivity contribution in [2.75, 3.05) is 0 Å². The van der Waals surface area contributed by atoms with Crippen LogP contribution in [0.3, 0.4) is 0 Å². The highest BCUT2D eigenvalue weighted by molar-refractivity contribution is 6.00. The Morgan fingerprint density at radius 1 is 1.20 bits per heavy atom. The predicted molar refractivity (Wildman–Crippen MR) is 58.2 cm³/mol. The second-order valence-corrected chi connectivity index (χ2v) is 3.69. The molecule has 0 fully saturated rings. The Balaban J connectivity index is 2.96. The number of ketones is 1. The second kappa shape index (κ2) is 4.73. The molecule has 0 spiro atoms. The monoisotopic (exact) mass is 205 g/mol. The average molecular weight is 205 g/mol. The van der Waals surface area contributed by atoms with E-state index in [-0.39, 0.29) is 11.7 Å². The maximum absolute atomic E-state index is 11.3. The minimum atomic E-state index is -0.729. The molecule has 0 radical (unpaired) electrons. The van der Waals surface area contributed by atoms with Gasteiger partial charge in [-0.05, 0) is 18.4 Å². The van der Waals surface area contributed by atoms with Crippen LogP contribution < -0.4 is 5.73 Å². The number of carbonyl (C=O) groups is 2. The summed E-state index contributed by atoms with van der Waals surface area (Å²) in [6.45, 7) is 3.24. The molecule has 3 nitrogen and oxygen atoms in total. The van der Waals surface area contributed by atoms with Crippen molar-refractivity contribution in [3.63, 3.8) is 0 Å². The van der Waals surface area contributed by atoms with E-state index in [1.807, 2.05) is 37.3 Å². The third-order valence-electron chi connectivity index (χ3n) is 2.57. The molecule has 1 amide bonds. The van der Waals surface area contributed by atoms with Crippen LogP contribution in [0.1, 0.15) is 25.3 Å². The van der Waals surface area contributed by atoms with Crippen LogP contribution in [0.25, 0.3) is 0 Å². The molecule has 2 atom stereocenters. The number of nitrogens with two attached hydrogens (primary N) is 1. The van der Waals surface area contributed by atoms with Crippen molar-refractivity contribution >= 4 is 11.7 Å². The van der Waals surface area contributed by atoms with Crippen LogP contribution in [0.15, 0.2) is 30.3 Å². The van der Waals surface area contributed by atoms with Crippen LogP contribution in [0, 0.1) is 5.92 Å². The SMILES string of the molecule is CC(=O)C(C(N)=O)[C@H](C)c1ccccc1. The van der Waals surface area contributed by atoms with E-state index in [1.54, 1.807) is 0 Å². The fraction of sp³-hybridized carbons (Fsp3) is 0.333. The Kier molecular flexibility index (Phi) is 3.61. The van der Waals surface area contributed by atoms with Gasteiger partial charge in [0.25, 0.3) is 0 Å². The summed E-state index contributed by atoms with van der Waals surface area (Å²) in [5.41, 5.74) is 6.17. The topological polar surface area (TPSA) is 60.2 Å². The minimum Gasteiger partial charge on any atom is -0.369 e. The lowest BCUT2D eigenvalue weighted by Gasteiger charge is -2.18. The summed E-state index contributed by atoms with van der Waals surface area (Å²) in [4.78, 5) is 22.5. The maximum atomic E-state index is 11.3. The van der Waals surface area contributed by atoms with E-state index >= 15 is 0 Å². The molecule has 0 aliphatic rings. The van der Waals surface area contributed by atoms with E-state index in [0.717, 1.165) is 5.56 Å². The van der Waals surface area contributed by atoms with Crippen LogP contribution in [-0.4, -0.2) is 11.7 Å². The van der Waals surface area contributed by atoms with Crippen molar-refractivity contribution in [2.45, 2.75) is 19.8 Å². The van der Waals surface area contributed by atoms with E-state index in [1.165, 1.54) is 6.92 Å². The molecule has 1 rings (SSSR count). The number of hydrogen-bond donors (Lipinski definition) is 1. The molecule has 0 bridgehead atoms. The molecule has 1 aromatic rings. The summed E-state index contributed by atoms with van der Waals surface area (Å²) in [5.74, 6) is -1.63. The molecule has 1 unspecified atom stereocenters. The number of Topliss-reactive ketones (excluding diaryl/α,β-unsaturated/α-hetero) is 1. The van der Waals surface area contributed by atoms with Gasteiger partial charge in [0.05, 0.1) is 0 Å². The molecular weight excluding hydrogens is 190 g/mol. The third kappa shape index (κ3) is 2.65. The molecule has 80 valence electrons. The lowest BCUT2D eigenvalue weighted by atomic mass is 9.85. The molecule has 2 N–H and O–H groups in total. The smallest absolute Gasteiger partial charge is 0.228 e. The van der Waals surface area contributed by atoms with Gasteiger partial charge in [-0.25, -0.2) is 0 Å². The standard InChI is InChI=1S/C12H15NO2/c1-8(10-6-4-3-5-7-10)11(9(2)14)12(13)15/h3-8,11H,1-2H3,(H2,13,15)/t8-,11?/m1/s1. The molecule has 0 heterocycles. The summed E-state index contributed by atoms with van der Waals surface area (Å²) in [6.07, 6.45) is 0. The average Bonchev–Trinajstić information content (AvgIpc) is 2.18. The first-order valence-corrected chi connectivity index (χ1v) is 4.88. The minimum absolute atomic E-state index is 0.166. The number of primary amides is 1. The van der Waals surface area contributed by atoms with Gasteiger partial charge in [-0.1, -0.05) is 37.3 Å². The molecule has 1 aromatic carbocycles. The van der Waals surface area contributed by atoms with Crippen molar-refractivity contribution in [1.29, 1.82) is 0 Å². The van der Waals surface area contributed by atoms with Crippen LogP contribution in [0.5, 0.6) is 0 Å². The summed E-state index contributed by atoms with van der Waals surface area (Å²) in [5, 5.41) is 0. The molecule has 0 aromatic heterocycles. The van der Waals surface area contributed by atoms with Gasteiger partial charge >= 0.3 is 0 Å². The summed E-state index contributed by atoms with van der Waals surface area (Å²) in [6, 6.07) is 9.43. The van der Waals surface area contributed by atoms with E-state index < -0.39 is 11.8 Å². The van der Waals surface area contributed by atoms with Gasteiger partial charge < -0.3 is 5.73 Å². The Labute approximate surface area is 89.3 Å². The van der Waals surface area contributed by atoms with Crippen molar-refractivity contribution in [3.05, 3.63) is 35.9 Å². The number of benzene rings is 1. The van der Waals surface area contributed by atoms with Gasteiger partial charge in [-0.3, -0.25) is 9.59 Å². The highest BCUT2D eigenvalue weighted by atomic mass is 16.2. The second-order valence-electron chi connectivity index (χ2n) is 3.69. The zero-order valence-corrected chi connectivity index (χ0v) is 8.94. The summed E-state index contributed by atoms with van der Waals surface area (Å²) < 4.78 is 0. The zero-order valence-electron chi connectivity index (χ0n) is 8.94. The van der Waals surface area contributed by atoms with Crippen LogP contribution >= 0.6 is 0 Å². The third-order valence-corrected chi connectivity index (χ3v) is 2.57. The molecule has 0 aliphatic carbocycles. The number of hydrogen-bond acceptors (Lipinski definition) is 2. The number of amides is 1. The molecule has 0 aliphatic heterocycles. The quantitative estimate of drug-likeness (QED) is 0.757. The fourth-order valence-electron chi connectivity index (χ4n) is 1.75. The van der Waals surface area contributed by atoms with Crippen molar-refractivity contribution in [2.24, 2.45) is 11.7 Å². The van der Waals surface area contributed by atoms with Gasteiger partial charge in [-0.2, -0.15) is 0 Å². The van der Waals surface area contributed by atoms with E-state index in [2.05, 4.69) is 0 Å². The first-order chi connectivity index (χ1) is 7.04.